The molecule has 22 heavy (non-hydrogen) atoms. The van der Waals surface area contributed by atoms with Crippen LogP contribution in [-0.4, -0.2) is 12.0 Å². The standard InChI is InChI=1S/C13H8F3IN2O3/c1-22-8-3-2-7(19(20)21)9(13(8)18)5-4-6(14)12(17)11(16)10(5)15/h2-4H,18H2,1H3. The number of nitrogen functional groups attached to an aromatic ring is 1. The summed E-state index contributed by atoms with van der Waals surface area (Å²) in [5.41, 5.74) is 3.79. The number of rotatable bonds is 3. The summed E-state index contributed by atoms with van der Waals surface area (Å²) >= 11 is 1.30. The number of nitro benzene ring substituents is 1. The highest BCUT2D eigenvalue weighted by Crippen LogP contribution is 2.42. The van der Waals surface area contributed by atoms with Crippen molar-refractivity contribution in [2.24, 2.45) is 0 Å². The minimum Gasteiger partial charge on any atom is -0.495 e. The van der Waals surface area contributed by atoms with Crippen LogP contribution in [0.1, 0.15) is 0 Å². The number of benzene rings is 2. The fourth-order valence-electron chi connectivity index (χ4n) is 1.96. The Kier molecular flexibility index (Phi) is 4.44. The lowest BCUT2D eigenvalue weighted by Crippen LogP contribution is -2.04. The van der Waals surface area contributed by atoms with Crippen LogP contribution in [0.2, 0.25) is 0 Å². The molecule has 0 aliphatic carbocycles. The first-order valence-electron chi connectivity index (χ1n) is 5.73. The quantitative estimate of drug-likeness (QED) is 0.203. The second-order valence-corrected chi connectivity index (χ2v) is 5.26. The van der Waals surface area contributed by atoms with E-state index < -0.39 is 42.8 Å². The first-order valence-corrected chi connectivity index (χ1v) is 6.81. The molecule has 0 atom stereocenters. The molecular weight excluding hydrogens is 416 g/mol. The maximum atomic E-state index is 14.1. The van der Waals surface area contributed by atoms with E-state index in [4.69, 9.17) is 10.5 Å². The van der Waals surface area contributed by atoms with E-state index in [1.807, 2.05) is 0 Å². The minimum atomic E-state index is -1.44. The predicted octanol–water partition coefficient (Wildman–Crippen LogP) is 3.87. The van der Waals surface area contributed by atoms with Crippen molar-refractivity contribution in [2.45, 2.75) is 0 Å². The van der Waals surface area contributed by atoms with Crippen molar-refractivity contribution in [2.75, 3.05) is 12.8 Å². The maximum absolute atomic E-state index is 14.1. The van der Waals surface area contributed by atoms with E-state index >= 15 is 0 Å². The normalized spacial score (nSPS) is 10.6. The van der Waals surface area contributed by atoms with Gasteiger partial charge in [0.15, 0.2) is 11.6 Å². The molecule has 2 aromatic carbocycles. The van der Waals surface area contributed by atoms with E-state index in [2.05, 4.69) is 0 Å². The predicted molar refractivity (Wildman–Crippen MR) is 82.1 cm³/mol. The largest absolute Gasteiger partial charge is 0.495 e. The van der Waals surface area contributed by atoms with Crippen LogP contribution in [0.4, 0.5) is 24.5 Å². The Morgan fingerprint density at radius 3 is 2.45 bits per heavy atom. The summed E-state index contributed by atoms with van der Waals surface area (Å²) in [7, 11) is 1.26. The zero-order valence-corrected chi connectivity index (χ0v) is 13.2. The van der Waals surface area contributed by atoms with Crippen molar-refractivity contribution < 1.29 is 22.8 Å². The third-order valence-corrected chi connectivity index (χ3v) is 3.96. The highest BCUT2D eigenvalue weighted by Gasteiger charge is 2.27. The minimum absolute atomic E-state index is 0.0272. The first-order chi connectivity index (χ1) is 10.3. The van der Waals surface area contributed by atoms with Crippen molar-refractivity contribution >= 4 is 34.0 Å². The van der Waals surface area contributed by atoms with Gasteiger partial charge in [-0.3, -0.25) is 10.1 Å². The van der Waals surface area contributed by atoms with Crippen LogP contribution >= 0.6 is 22.6 Å². The van der Waals surface area contributed by atoms with Gasteiger partial charge in [-0.1, -0.05) is 0 Å². The molecule has 2 rings (SSSR count). The summed E-state index contributed by atoms with van der Waals surface area (Å²) in [6.07, 6.45) is 0. The smallest absolute Gasteiger partial charge is 0.279 e. The van der Waals surface area contributed by atoms with E-state index in [9.17, 15) is 23.3 Å². The molecule has 0 aromatic heterocycles. The monoisotopic (exact) mass is 424 g/mol. The van der Waals surface area contributed by atoms with E-state index in [0.717, 1.165) is 6.07 Å². The molecule has 0 aliphatic heterocycles. The highest BCUT2D eigenvalue weighted by molar-refractivity contribution is 14.1. The fraction of sp³-hybridized carbons (Fsp3) is 0.0769. The number of hydrogen-bond acceptors (Lipinski definition) is 4. The molecule has 0 amide bonds. The topological polar surface area (TPSA) is 78.4 Å². The Morgan fingerprint density at radius 1 is 1.27 bits per heavy atom. The van der Waals surface area contributed by atoms with Crippen LogP contribution in [0.15, 0.2) is 18.2 Å². The summed E-state index contributed by atoms with van der Waals surface area (Å²) < 4.78 is 45.9. The third-order valence-electron chi connectivity index (χ3n) is 2.97. The number of nitro groups is 1. The molecule has 9 heteroatoms. The number of halogens is 4. The molecule has 0 heterocycles. The van der Waals surface area contributed by atoms with Crippen LogP contribution in [0.3, 0.4) is 0 Å². The van der Waals surface area contributed by atoms with Crippen LogP contribution in [0, 0.1) is 31.1 Å². The molecule has 0 bridgehead atoms. The van der Waals surface area contributed by atoms with Gasteiger partial charge >= 0.3 is 0 Å². The van der Waals surface area contributed by atoms with Gasteiger partial charge in [-0.25, -0.2) is 13.2 Å². The second-order valence-electron chi connectivity index (χ2n) is 4.18. The Balaban J connectivity index is 2.90. The summed E-state index contributed by atoms with van der Waals surface area (Å²) in [4.78, 5) is 10.3. The molecule has 0 aliphatic rings. The number of nitrogens with zero attached hydrogens (tertiary/aromatic N) is 1. The molecule has 0 fully saturated rings. The molecular formula is C13H8F3IN2O3. The van der Waals surface area contributed by atoms with Gasteiger partial charge in [0.05, 0.1) is 26.9 Å². The SMILES string of the molecule is COc1ccc([N+](=O)[O-])c(-c2cc(F)c(I)c(F)c2F)c1N. The van der Waals surface area contributed by atoms with E-state index in [1.165, 1.54) is 35.8 Å². The van der Waals surface area contributed by atoms with Gasteiger partial charge in [0, 0.05) is 11.6 Å². The van der Waals surface area contributed by atoms with Gasteiger partial charge in [-0.15, -0.1) is 0 Å². The lowest BCUT2D eigenvalue weighted by molar-refractivity contribution is -0.384. The van der Waals surface area contributed by atoms with E-state index in [0.29, 0.717) is 6.07 Å². The summed E-state index contributed by atoms with van der Waals surface area (Å²) in [5, 5.41) is 11.1. The Bertz CT molecular complexity index is 784. The van der Waals surface area contributed by atoms with Crippen molar-refractivity contribution in [1.82, 2.24) is 0 Å². The first kappa shape index (κ1) is 16.3. The molecule has 116 valence electrons. The Labute approximate surface area is 136 Å². The Hall–Kier alpha value is -2.04. The number of methoxy groups -OCH3 is 1. The molecule has 5 nitrogen and oxygen atoms in total. The lowest BCUT2D eigenvalue weighted by atomic mass is 10.00. The second kappa shape index (κ2) is 5.99. The number of anilines is 1. The van der Waals surface area contributed by atoms with Gasteiger partial charge in [-0.05, 0) is 34.7 Å². The summed E-state index contributed by atoms with van der Waals surface area (Å²) in [5.74, 6) is -3.88. The number of nitrogens with two attached hydrogens (primary N) is 1. The van der Waals surface area contributed by atoms with E-state index in [-0.39, 0.29) is 11.4 Å². The van der Waals surface area contributed by atoms with E-state index in [1.54, 1.807) is 0 Å². The summed E-state index contributed by atoms with van der Waals surface area (Å²) in [6, 6.07) is 2.91. The van der Waals surface area contributed by atoms with Gasteiger partial charge in [0.1, 0.15) is 11.6 Å². The van der Waals surface area contributed by atoms with Crippen molar-refractivity contribution in [1.29, 1.82) is 0 Å². The fourth-order valence-corrected chi connectivity index (χ4v) is 2.35. The summed E-state index contributed by atoms with van der Waals surface area (Å²) in [6.45, 7) is 0. The highest BCUT2D eigenvalue weighted by atomic mass is 127. The lowest BCUT2D eigenvalue weighted by Gasteiger charge is -2.12. The Morgan fingerprint density at radius 2 is 1.91 bits per heavy atom. The van der Waals surface area contributed by atoms with Gasteiger partial charge in [0.2, 0.25) is 0 Å². The molecule has 0 radical (unpaired) electrons. The molecule has 0 spiro atoms. The number of hydrogen-bond donors (Lipinski definition) is 1. The zero-order chi connectivity index (χ0) is 16.6. The molecule has 0 saturated heterocycles. The van der Waals surface area contributed by atoms with Crippen molar-refractivity contribution in [3.05, 3.63) is 49.3 Å². The average Bonchev–Trinajstić information content (AvgIpc) is 2.48. The average molecular weight is 424 g/mol. The van der Waals surface area contributed by atoms with Crippen LogP contribution < -0.4 is 10.5 Å². The molecule has 2 N–H and O–H groups in total. The van der Waals surface area contributed by atoms with Crippen LogP contribution in [0.5, 0.6) is 5.75 Å². The zero-order valence-electron chi connectivity index (χ0n) is 11.0. The molecule has 0 saturated carbocycles. The maximum Gasteiger partial charge on any atom is 0.279 e. The van der Waals surface area contributed by atoms with Crippen molar-refractivity contribution in [3.63, 3.8) is 0 Å². The van der Waals surface area contributed by atoms with Gasteiger partial charge in [0.25, 0.3) is 5.69 Å². The third kappa shape index (κ3) is 2.56. The van der Waals surface area contributed by atoms with Crippen LogP contribution in [0.25, 0.3) is 11.1 Å². The van der Waals surface area contributed by atoms with Gasteiger partial charge < -0.3 is 10.5 Å². The molecule has 0 unspecified atom stereocenters. The van der Waals surface area contributed by atoms with Crippen LogP contribution in [-0.2, 0) is 0 Å². The number of ether oxygens (including phenoxy) is 1. The van der Waals surface area contributed by atoms with Crippen molar-refractivity contribution in [3.8, 4) is 16.9 Å². The molecule has 2 aromatic rings. The van der Waals surface area contributed by atoms with Gasteiger partial charge in [-0.2, -0.15) is 0 Å².